The molecule has 0 spiro atoms. The molecule has 1 unspecified atom stereocenters. The van der Waals surface area contributed by atoms with Crippen molar-refractivity contribution in [3.8, 4) is 0 Å². The molecule has 0 aromatic rings. The molecular formula is C4H9N2O. The molecule has 0 aromatic heterocycles. The van der Waals surface area contributed by atoms with Crippen LogP contribution in [0.5, 0.6) is 0 Å². The lowest BCUT2D eigenvalue weighted by atomic mass is 10.2. The van der Waals surface area contributed by atoms with Gasteiger partial charge < -0.3 is 5.11 Å². The molecule has 2 N–H and O–H groups in total. The lowest BCUT2D eigenvalue weighted by molar-refractivity contribution is 0.0829. The first-order valence-corrected chi connectivity index (χ1v) is 2.50. The van der Waals surface area contributed by atoms with Crippen LogP contribution < -0.4 is 10.9 Å². The van der Waals surface area contributed by atoms with Crippen molar-refractivity contribution in [3.63, 3.8) is 0 Å². The summed E-state index contributed by atoms with van der Waals surface area (Å²) in [6, 6.07) is 0. The number of hydrogen-bond donors (Lipinski definition) is 2. The molecule has 1 rings (SSSR count). The van der Waals surface area contributed by atoms with Gasteiger partial charge in [-0.05, 0) is 12.8 Å². The SMILES string of the molecule is OC1CCCN[N]1. The molecule has 1 fully saturated rings. The van der Waals surface area contributed by atoms with Crippen LogP contribution in [0, 0.1) is 0 Å². The van der Waals surface area contributed by atoms with Gasteiger partial charge in [-0.15, -0.1) is 5.43 Å². The van der Waals surface area contributed by atoms with Crippen molar-refractivity contribution >= 4 is 0 Å². The Labute approximate surface area is 42.7 Å². The zero-order chi connectivity index (χ0) is 5.11. The van der Waals surface area contributed by atoms with Gasteiger partial charge in [0.1, 0.15) is 6.23 Å². The van der Waals surface area contributed by atoms with Gasteiger partial charge >= 0.3 is 0 Å². The second kappa shape index (κ2) is 2.26. The summed E-state index contributed by atoms with van der Waals surface area (Å²) in [5.41, 5.74) is 6.34. The monoisotopic (exact) mass is 101 g/mol. The summed E-state index contributed by atoms with van der Waals surface area (Å²) in [7, 11) is 0. The van der Waals surface area contributed by atoms with E-state index in [2.05, 4.69) is 10.9 Å². The summed E-state index contributed by atoms with van der Waals surface area (Å²) in [6.07, 6.45) is 1.39. The Balaban J connectivity index is 2.12. The molecule has 3 heteroatoms. The largest absolute Gasteiger partial charge is 0.376 e. The van der Waals surface area contributed by atoms with E-state index in [0.29, 0.717) is 0 Å². The summed E-state index contributed by atoms with van der Waals surface area (Å²) >= 11 is 0. The van der Waals surface area contributed by atoms with Gasteiger partial charge in [0.25, 0.3) is 0 Å². The van der Waals surface area contributed by atoms with E-state index in [4.69, 9.17) is 5.11 Å². The maximum Gasteiger partial charge on any atom is 0.136 e. The van der Waals surface area contributed by atoms with Crippen LogP contribution in [0.2, 0.25) is 0 Å². The van der Waals surface area contributed by atoms with Crippen molar-refractivity contribution in [2.24, 2.45) is 0 Å². The quantitative estimate of drug-likeness (QED) is 0.420. The zero-order valence-corrected chi connectivity index (χ0v) is 4.09. The molecule has 1 aliphatic rings. The highest BCUT2D eigenvalue weighted by Crippen LogP contribution is 1.95. The van der Waals surface area contributed by atoms with Gasteiger partial charge in [-0.1, -0.05) is 0 Å². The highest BCUT2D eigenvalue weighted by atomic mass is 16.3. The molecular weight excluding hydrogens is 92.1 g/mol. The van der Waals surface area contributed by atoms with Crippen molar-refractivity contribution in [1.82, 2.24) is 10.9 Å². The summed E-state index contributed by atoms with van der Waals surface area (Å²) in [5.74, 6) is 0. The van der Waals surface area contributed by atoms with Crippen LogP contribution >= 0.6 is 0 Å². The lowest BCUT2D eigenvalue weighted by Gasteiger charge is -2.15. The molecule has 3 nitrogen and oxygen atoms in total. The van der Waals surface area contributed by atoms with E-state index in [-0.39, 0.29) is 0 Å². The van der Waals surface area contributed by atoms with Gasteiger partial charge in [0.2, 0.25) is 0 Å². The van der Waals surface area contributed by atoms with Crippen LogP contribution in [-0.2, 0) is 0 Å². The second-order valence-corrected chi connectivity index (χ2v) is 1.66. The molecule has 1 aliphatic heterocycles. The minimum atomic E-state index is -0.450. The Morgan fingerprint density at radius 3 is 2.86 bits per heavy atom. The normalized spacial score (nSPS) is 33.0. The van der Waals surface area contributed by atoms with Gasteiger partial charge in [0, 0.05) is 6.54 Å². The fourth-order valence-electron chi connectivity index (χ4n) is 0.598. The molecule has 41 valence electrons. The van der Waals surface area contributed by atoms with E-state index in [0.717, 1.165) is 19.4 Å². The number of nitrogens with zero attached hydrogens (tertiary/aromatic N) is 1. The van der Waals surface area contributed by atoms with Gasteiger partial charge in [0.05, 0.1) is 0 Å². The molecule has 0 aliphatic carbocycles. The van der Waals surface area contributed by atoms with E-state index < -0.39 is 6.23 Å². The first kappa shape index (κ1) is 5.03. The van der Waals surface area contributed by atoms with Crippen molar-refractivity contribution in [1.29, 1.82) is 0 Å². The summed E-state index contributed by atoms with van der Waals surface area (Å²) < 4.78 is 0. The third kappa shape index (κ3) is 1.43. The van der Waals surface area contributed by atoms with Crippen LogP contribution in [-0.4, -0.2) is 17.9 Å². The van der Waals surface area contributed by atoms with Crippen molar-refractivity contribution in [2.75, 3.05) is 6.54 Å². The maximum atomic E-state index is 8.68. The Morgan fingerprint density at radius 1 is 1.71 bits per heavy atom. The Bertz CT molecular complexity index is 51.7. The number of rotatable bonds is 0. The lowest BCUT2D eigenvalue weighted by Crippen LogP contribution is -2.39. The molecule has 7 heavy (non-hydrogen) atoms. The molecule has 0 amide bonds. The number of hydrogen-bond acceptors (Lipinski definition) is 2. The van der Waals surface area contributed by atoms with E-state index in [1.807, 2.05) is 0 Å². The standard InChI is InChI=1S/C4H9N2O/c7-4-2-1-3-5-6-4/h4-5,7H,1-3H2. The topological polar surface area (TPSA) is 46.4 Å². The molecule has 0 saturated carbocycles. The van der Waals surface area contributed by atoms with Gasteiger partial charge in [-0.25, -0.2) is 5.43 Å². The average Bonchev–Trinajstić information content (AvgIpc) is 1.69. The van der Waals surface area contributed by atoms with Crippen molar-refractivity contribution in [3.05, 3.63) is 0 Å². The molecule has 0 bridgehead atoms. The van der Waals surface area contributed by atoms with Crippen LogP contribution in [0.1, 0.15) is 12.8 Å². The molecule has 1 atom stereocenters. The van der Waals surface area contributed by atoms with E-state index in [1.54, 1.807) is 0 Å². The predicted octanol–water partition coefficient (Wildman–Crippen LogP) is -0.792. The second-order valence-electron chi connectivity index (χ2n) is 1.66. The number of nitrogens with one attached hydrogen (secondary N) is 1. The molecule has 1 heterocycles. The van der Waals surface area contributed by atoms with E-state index in [9.17, 15) is 0 Å². The third-order valence-corrected chi connectivity index (χ3v) is 0.991. The summed E-state index contributed by atoms with van der Waals surface area (Å²) in [6.45, 7) is 0.914. The van der Waals surface area contributed by atoms with E-state index >= 15 is 0 Å². The number of aliphatic hydroxyl groups is 1. The van der Waals surface area contributed by atoms with E-state index in [1.165, 1.54) is 0 Å². The summed E-state index contributed by atoms with van der Waals surface area (Å²) in [5, 5.41) is 8.68. The number of aliphatic hydroxyl groups excluding tert-OH is 1. The molecule has 1 radical (unpaired) electrons. The maximum absolute atomic E-state index is 8.68. The highest BCUT2D eigenvalue weighted by Gasteiger charge is 2.07. The average molecular weight is 101 g/mol. The predicted molar refractivity (Wildman–Crippen MR) is 25.4 cm³/mol. The van der Waals surface area contributed by atoms with Gasteiger partial charge in [-0.2, -0.15) is 0 Å². The van der Waals surface area contributed by atoms with Crippen LogP contribution in [0.3, 0.4) is 0 Å². The first-order chi connectivity index (χ1) is 3.39. The van der Waals surface area contributed by atoms with Gasteiger partial charge in [0.15, 0.2) is 0 Å². The zero-order valence-electron chi connectivity index (χ0n) is 4.09. The van der Waals surface area contributed by atoms with Crippen LogP contribution in [0.4, 0.5) is 0 Å². The van der Waals surface area contributed by atoms with Crippen LogP contribution in [0.25, 0.3) is 0 Å². The minimum absolute atomic E-state index is 0.450. The Hall–Kier alpha value is -0.120. The van der Waals surface area contributed by atoms with Crippen molar-refractivity contribution in [2.45, 2.75) is 19.1 Å². The molecule has 1 saturated heterocycles. The summed E-state index contributed by atoms with van der Waals surface area (Å²) in [4.78, 5) is 0. The van der Waals surface area contributed by atoms with Crippen molar-refractivity contribution < 1.29 is 5.11 Å². The molecule has 0 aromatic carbocycles. The Kier molecular flexibility index (Phi) is 1.62. The fourth-order valence-corrected chi connectivity index (χ4v) is 0.598. The Morgan fingerprint density at radius 2 is 2.57 bits per heavy atom. The third-order valence-electron chi connectivity index (χ3n) is 0.991. The van der Waals surface area contributed by atoms with Crippen LogP contribution in [0.15, 0.2) is 0 Å². The fraction of sp³-hybridized carbons (Fsp3) is 1.00. The highest BCUT2D eigenvalue weighted by molar-refractivity contribution is 4.56. The first-order valence-electron chi connectivity index (χ1n) is 2.50. The minimum Gasteiger partial charge on any atom is -0.376 e. The smallest absolute Gasteiger partial charge is 0.136 e. The van der Waals surface area contributed by atoms with Gasteiger partial charge in [-0.3, -0.25) is 0 Å².